The van der Waals surface area contributed by atoms with E-state index in [0.29, 0.717) is 16.7 Å². The van der Waals surface area contributed by atoms with Gasteiger partial charge in [-0.2, -0.15) is 0 Å². The summed E-state index contributed by atoms with van der Waals surface area (Å²) in [4.78, 5) is 4.30. The highest BCUT2D eigenvalue weighted by Crippen LogP contribution is 2.23. The molecule has 0 atom stereocenters. The molecule has 0 aliphatic carbocycles. The number of ether oxygens (including phenoxy) is 1. The maximum absolute atomic E-state index is 6.17. The fourth-order valence-electron chi connectivity index (χ4n) is 2.38. The molecule has 0 saturated heterocycles. The van der Waals surface area contributed by atoms with Gasteiger partial charge in [0.05, 0.1) is 5.69 Å². The lowest BCUT2D eigenvalue weighted by molar-refractivity contribution is 0.306. The van der Waals surface area contributed by atoms with Gasteiger partial charge in [0, 0.05) is 34.9 Å². The SMILES string of the molecule is Clc1ccc(COc2cccc(CNCc3ccccn3)c2)c(Cl)c1. The first kappa shape index (κ1) is 17.7. The molecule has 1 N–H and O–H groups in total. The Bertz CT molecular complexity index is 825. The minimum Gasteiger partial charge on any atom is -0.489 e. The quantitative estimate of drug-likeness (QED) is 0.614. The molecule has 128 valence electrons. The van der Waals surface area contributed by atoms with Gasteiger partial charge >= 0.3 is 0 Å². The van der Waals surface area contributed by atoms with Gasteiger partial charge < -0.3 is 10.1 Å². The molecular weight excluding hydrogens is 355 g/mol. The van der Waals surface area contributed by atoms with Crippen LogP contribution in [0.25, 0.3) is 0 Å². The Morgan fingerprint density at radius 2 is 1.84 bits per heavy atom. The van der Waals surface area contributed by atoms with Crippen molar-refractivity contribution in [1.29, 1.82) is 0 Å². The van der Waals surface area contributed by atoms with Gasteiger partial charge in [-0.3, -0.25) is 4.98 Å². The molecule has 0 amide bonds. The lowest BCUT2D eigenvalue weighted by atomic mass is 10.2. The fourth-order valence-corrected chi connectivity index (χ4v) is 2.85. The molecule has 0 aliphatic heterocycles. The molecule has 0 fully saturated rings. The van der Waals surface area contributed by atoms with E-state index in [9.17, 15) is 0 Å². The van der Waals surface area contributed by atoms with Crippen LogP contribution in [0.15, 0.2) is 66.9 Å². The number of pyridine rings is 1. The Balaban J connectivity index is 1.54. The van der Waals surface area contributed by atoms with Crippen LogP contribution in [0.1, 0.15) is 16.8 Å². The van der Waals surface area contributed by atoms with E-state index < -0.39 is 0 Å². The Kier molecular flexibility index (Phi) is 6.29. The van der Waals surface area contributed by atoms with Crippen LogP contribution < -0.4 is 10.1 Å². The second kappa shape index (κ2) is 8.86. The first-order valence-corrected chi connectivity index (χ1v) is 8.72. The predicted octanol–water partition coefficient (Wildman–Crippen LogP) is 5.26. The van der Waals surface area contributed by atoms with Gasteiger partial charge in [0.1, 0.15) is 12.4 Å². The average Bonchev–Trinajstić information content (AvgIpc) is 2.62. The zero-order chi connectivity index (χ0) is 17.5. The van der Waals surface area contributed by atoms with Crippen molar-refractivity contribution in [2.24, 2.45) is 0 Å². The highest BCUT2D eigenvalue weighted by molar-refractivity contribution is 6.35. The van der Waals surface area contributed by atoms with Crippen LogP contribution in [0.4, 0.5) is 0 Å². The van der Waals surface area contributed by atoms with Crippen LogP contribution >= 0.6 is 23.2 Å². The van der Waals surface area contributed by atoms with E-state index in [0.717, 1.165) is 35.7 Å². The van der Waals surface area contributed by atoms with Crippen molar-refractivity contribution in [3.63, 3.8) is 0 Å². The summed E-state index contributed by atoms with van der Waals surface area (Å²) < 4.78 is 5.85. The van der Waals surface area contributed by atoms with Crippen LogP contribution in [0, 0.1) is 0 Å². The van der Waals surface area contributed by atoms with Gasteiger partial charge in [-0.15, -0.1) is 0 Å². The molecule has 0 bridgehead atoms. The largest absolute Gasteiger partial charge is 0.489 e. The van der Waals surface area contributed by atoms with Gasteiger partial charge in [0.2, 0.25) is 0 Å². The molecule has 25 heavy (non-hydrogen) atoms. The standard InChI is InChI=1S/C20H18Cl2N2O/c21-17-8-7-16(20(22)11-17)14-25-19-6-3-4-15(10-19)12-23-13-18-5-1-2-9-24-18/h1-11,23H,12-14H2. The Morgan fingerprint density at radius 1 is 0.920 bits per heavy atom. The van der Waals surface area contributed by atoms with Crippen LogP contribution in [0.5, 0.6) is 5.75 Å². The molecule has 0 spiro atoms. The normalized spacial score (nSPS) is 10.6. The molecule has 0 saturated carbocycles. The molecule has 3 nitrogen and oxygen atoms in total. The van der Waals surface area contributed by atoms with Gasteiger partial charge in [-0.25, -0.2) is 0 Å². The molecule has 3 aromatic rings. The minimum atomic E-state index is 0.404. The number of hydrogen-bond donors (Lipinski definition) is 1. The molecule has 0 unspecified atom stereocenters. The second-order valence-corrected chi connectivity index (χ2v) is 6.44. The topological polar surface area (TPSA) is 34.1 Å². The zero-order valence-corrected chi connectivity index (χ0v) is 15.1. The third-order valence-electron chi connectivity index (χ3n) is 3.67. The molecule has 1 aromatic heterocycles. The second-order valence-electron chi connectivity index (χ2n) is 5.60. The molecule has 1 heterocycles. The summed E-state index contributed by atoms with van der Waals surface area (Å²) in [7, 11) is 0. The summed E-state index contributed by atoms with van der Waals surface area (Å²) in [5.41, 5.74) is 3.08. The summed E-state index contributed by atoms with van der Waals surface area (Å²) in [5.74, 6) is 0.808. The maximum Gasteiger partial charge on any atom is 0.120 e. The third-order valence-corrected chi connectivity index (χ3v) is 4.26. The molecule has 3 rings (SSSR count). The average molecular weight is 373 g/mol. The Hall–Kier alpha value is -2.07. The van der Waals surface area contributed by atoms with Crippen LogP contribution in [-0.2, 0) is 19.7 Å². The number of benzene rings is 2. The zero-order valence-electron chi connectivity index (χ0n) is 13.6. The van der Waals surface area contributed by atoms with E-state index in [1.54, 1.807) is 12.3 Å². The Morgan fingerprint density at radius 3 is 2.64 bits per heavy atom. The van der Waals surface area contributed by atoms with E-state index in [2.05, 4.69) is 16.4 Å². The molecular formula is C20H18Cl2N2O. The minimum absolute atomic E-state index is 0.404. The molecule has 0 radical (unpaired) electrons. The molecule has 2 aromatic carbocycles. The summed E-state index contributed by atoms with van der Waals surface area (Å²) in [6.07, 6.45) is 1.80. The van der Waals surface area contributed by atoms with E-state index in [-0.39, 0.29) is 0 Å². The monoisotopic (exact) mass is 372 g/mol. The number of aromatic nitrogens is 1. The third kappa shape index (κ3) is 5.46. The number of halogens is 2. The van der Waals surface area contributed by atoms with Crippen molar-refractivity contribution in [2.75, 3.05) is 0 Å². The summed E-state index contributed by atoms with van der Waals surface area (Å²) in [6.45, 7) is 1.88. The lowest BCUT2D eigenvalue weighted by Gasteiger charge is -2.10. The van der Waals surface area contributed by atoms with Gasteiger partial charge in [0.15, 0.2) is 0 Å². The van der Waals surface area contributed by atoms with Crippen molar-refractivity contribution in [3.8, 4) is 5.75 Å². The van der Waals surface area contributed by atoms with E-state index in [1.165, 1.54) is 0 Å². The number of nitrogens with one attached hydrogen (secondary N) is 1. The van der Waals surface area contributed by atoms with E-state index in [1.807, 2.05) is 48.5 Å². The lowest BCUT2D eigenvalue weighted by Crippen LogP contribution is -2.13. The summed E-state index contributed by atoms with van der Waals surface area (Å²) >= 11 is 12.1. The molecule has 0 aliphatic rings. The smallest absolute Gasteiger partial charge is 0.120 e. The van der Waals surface area contributed by atoms with Gasteiger partial charge in [-0.1, -0.05) is 47.5 Å². The van der Waals surface area contributed by atoms with Gasteiger partial charge in [-0.05, 0) is 42.0 Å². The van der Waals surface area contributed by atoms with Crippen molar-refractivity contribution < 1.29 is 4.74 Å². The van der Waals surface area contributed by atoms with Crippen molar-refractivity contribution in [2.45, 2.75) is 19.7 Å². The Labute approximate surface area is 157 Å². The number of rotatable bonds is 7. The number of nitrogens with zero attached hydrogens (tertiary/aromatic N) is 1. The van der Waals surface area contributed by atoms with Crippen LogP contribution in [0.3, 0.4) is 0 Å². The first-order valence-electron chi connectivity index (χ1n) is 7.97. The summed E-state index contributed by atoms with van der Waals surface area (Å²) in [6, 6.07) is 19.3. The van der Waals surface area contributed by atoms with Crippen molar-refractivity contribution in [3.05, 3.63) is 93.7 Å². The highest BCUT2D eigenvalue weighted by Gasteiger charge is 2.03. The fraction of sp³-hybridized carbons (Fsp3) is 0.150. The van der Waals surface area contributed by atoms with E-state index >= 15 is 0 Å². The van der Waals surface area contributed by atoms with Crippen LogP contribution in [0.2, 0.25) is 10.0 Å². The predicted molar refractivity (Wildman–Crippen MR) is 102 cm³/mol. The number of hydrogen-bond acceptors (Lipinski definition) is 3. The molecule has 5 heteroatoms. The first-order chi connectivity index (χ1) is 12.2. The van der Waals surface area contributed by atoms with Gasteiger partial charge in [0.25, 0.3) is 0 Å². The van der Waals surface area contributed by atoms with Crippen molar-refractivity contribution >= 4 is 23.2 Å². The van der Waals surface area contributed by atoms with Crippen molar-refractivity contribution in [1.82, 2.24) is 10.3 Å². The summed E-state index contributed by atoms with van der Waals surface area (Å²) in [5, 5.41) is 4.61. The van der Waals surface area contributed by atoms with Crippen LogP contribution in [-0.4, -0.2) is 4.98 Å². The highest BCUT2D eigenvalue weighted by atomic mass is 35.5. The maximum atomic E-state index is 6.17. The van der Waals surface area contributed by atoms with E-state index in [4.69, 9.17) is 27.9 Å².